The van der Waals surface area contributed by atoms with Crippen LogP contribution in [0.3, 0.4) is 0 Å². The zero-order chi connectivity index (χ0) is 27.0. The predicted octanol–water partition coefficient (Wildman–Crippen LogP) is 3.00. The van der Waals surface area contributed by atoms with Gasteiger partial charge >= 0.3 is 5.97 Å². The van der Waals surface area contributed by atoms with Crippen molar-refractivity contribution in [3.8, 4) is 6.07 Å². The molecule has 3 aromatic rings. The fourth-order valence-electron chi connectivity index (χ4n) is 4.34. The number of pyridine rings is 1. The molecule has 1 aliphatic heterocycles. The molecule has 2 atom stereocenters. The van der Waals surface area contributed by atoms with Crippen LogP contribution in [0.2, 0.25) is 0 Å². The molecule has 0 bridgehead atoms. The Morgan fingerprint density at radius 2 is 2.03 bits per heavy atom. The highest BCUT2D eigenvalue weighted by Gasteiger charge is 2.43. The highest BCUT2D eigenvalue weighted by Crippen LogP contribution is 2.37. The quantitative estimate of drug-likeness (QED) is 0.460. The van der Waals surface area contributed by atoms with Gasteiger partial charge in [-0.3, -0.25) is 9.48 Å². The van der Waals surface area contributed by atoms with E-state index in [4.69, 9.17) is 9.47 Å². The second-order valence-corrected chi connectivity index (χ2v) is 12.2. The van der Waals surface area contributed by atoms with Gasteiger partial charge in [-0.05, 0) is 63.9 Å². The number of rotatable bonds is 6. The average Bonchev–Trinajstić information content (AvgIpc) is 3.18. The van der Waals surface area contributed by atoms with Crippen LogP contribution in [-0.4, -0.2) is 53.7 Å². The van der Waals surface area contributed by atoms with E-state index < -0.39 is 33.1 Å². The summed E-state index contributed by atoms with van der Waals surface area (Å²) in [6.07, 6.45) is 2.62. The van der Waals surface area contributed by atoms with Crippen molar-refractivity contribution in [2.24, 2.45) is 0 Å². The first-order chi connectivity index (χ1) is 17.3. The van der Waals surface area contributed by atoms with Crippen molar-refractivity contribution in [2.75, 3.05) is 18.2 Å². The van der Waals surface area contributed by atoms with Gasteiger partial charge in [-0.2, -0.15) is 10.4 Å². The zero-order valence-corrected chi connectivity index (χ0v) is 21.9. The van der Waals surface area contributed by atoms with Crippen LogP contribution in [0.15, 0.2) is 46.2 Å². The standard InChI is InChI=1S/C25H29N5O6S/c1-24(2,3)36-23(32)19-9-11-25(12-13-26,15-35-19)30-18-10-14-27-22(31)20(18)21(29-30)28-16-5-7-17(8-6-16)37(4,33)34/h5-8,10,14,19H,9,11-12,15H2,1-4H3,(H,27,31)(H,28,29). The number of carbonyl (C=O) groups is 1. The highest BCUT2D eigenvalue weighted by molar-refractivity contribution is 7.90. The summed E-state index contributed by atoms with van der Waals surface area (Å²) in [6.45, 7) is 5.37. The van der Waals surface area contributed by atoms with Crippen molar-refractivity contribution in [1.82, 2.24) is 14.8 Å². The maximum atomic E-state index is 12.8. The molecular weight excluding hydrogens is 498 g/mol. The summed E-state index contributed by atoms with van der Waals surface area (Å²) in [4.78, 5) is 28.2. The van der Waals surface area contributed by atoms with E-state index in [1.807, 2.05) is 0 Å². The van der Waals surface area contributed by atoms with Crippen molar-refractivity contribution in [3.05, 3.63) is 46.9 Å². The number of esters is 1. The number of benzene rings is 1. The molecule has 0 spiro atoms. The molecule has 37 heavy (non-hydrogen) atoms. The van der Waals surface area contributed by atoms with Crippen molar-refractivity contribution >= 4 is 38.2 Å². The van der Waals surface area contributed by atoms with Crippen molar-refractivity contribution in [3.63, 3.8) is 0 Å². The van der Waals surface area contributed by atoms with Gasteiger partial charge in [0.15, 0.2) is 21.8 Å². The molecule has 1 fully saturated rings. The summed E-state index contributed by atoms with van der Waals surface area (Å²) in [5, 5.41) is 17.7. The number of nitriles is 1. The molecule has 0 aliphatic carbocycles. The van der Waals surface area contributed by atoms with Crippen LogP contribution in [0.5, 0.6) is 0 Å². The number of anilines is 2. The van der Waals surface area contributed by atoms with E-state index in [-0.39, 0.29) is 34.7 Å². The first kappa shape index (κ1) is 26.4. The van der Waals surface area contributed by atoms with Crippen LogP contribution in [0, 0.1) is 11.3 Å². The Labute approximate surface area is 214 Å². The molecule has 1 aliphatic rings. The van der Waals surface area contributed by atoms with Crippen LogP contribution in [0.1, 0.15) is 40.0 Å². The van der Waals surface area contributed by atoms with Gasteiger partial charge in [0, 0.05) is 18.1 Å². The Balaban J connectivity index is 1.70. The van der Waals surface area contributed by atoms with Crippen LogP contribution >= 0.6 is 0 Å². The Morgan fingerprint density at radius 1 is 1.32 bits per heavy atom. The number of nitrogens with zero attached hydrogens (tertiary/aromatic N) is 3. The van der Waals surface area contributed by atoms with Crippen LogP contribution in [0.25, 0.3) is 10.9 Å². The second-order valence-electron chi connectivity index (χ2n) is 10.2. The number of sulfone groups is 1. The second kappa shape index (κ2) is 9.64. The third-order valence-corrected chi connectivity index (χ3v) is 7.23. The maximum Gasteiger partial charge on any atom is 0.335 e. The van der Waals surface area contributed by atoms with Gasteiger partial charge in [0.25, 0.3) is 5.56 Å². The largest absolute Gasteiger partial charge is 0.458 e. The molecule has 11 nitrogen and oxygen atoms in total. The molecule has 0 radical (unpaired) electrons. The first-order valence-electron chi connectivity index (χ1n) is 11.7. The van der Waals surface area contributed by atoms with E-state index in [0.29, 0.717) is 24.0 Å². The van der Waals surface area contributed by atoms with Gasteiger partial charge in [0.1, 0.15) is 11.0 Å². The Bertz CT molecular complexity index is 1520. The fraction of sp³-hybridized carbons (Fsp3) is 0.440. The van der Waals surface area contributed by atoms with Crippen molar-refractivity contribution < 1.29 is 22.7 Å². The fourth-order valence-corrected chi connectivity index (χ4v) is 4.97. The SMILES string of the molecule is CC(C)(C)OC(=O)C1CCC(CC#N)(n2nc(Nc3ccc(S(C)(=O)=O)cc3)c3c(=O)[nH]ccc32)CO1. The molecule has 2 aromatic heterocycles. The number of H-pyrrole nitrogens is 1. The number of aromatic nitrogens is 3. The Morgan fingerprint density at radius 3 is 2.59 bits per heavy atom. The summed E-state index contributed by atoms with van der Waals surface area (Å²) in [5.74, 6) is -0.213. The highest BCUT2D eigenvalue weighted by atomic mass is 32.2. The lowest BCUT2D eigenvalue weighted by Crippen LogP contribution is -2.47. The third kappa shape index (κ3) is 5.52. The lowest BCUT2D eigenvalue weighted by Gasteiger charge is -2.39. The van der Waals surface area contributed by atoms with E-state index in [1.165, 1.54) is 18.3 Å². The van der Waals surface area contributed by atoms with Gasteiger partial charge in [-0.1, -0.05) is 0 Å². The number of nitrogens with one attached hydrogen (secondary N) is 2. The van der Waals surface area contributed by atoms with E-state index in [9.17, 15) is 23.3 Å². The minimum absolute atomic E-state index is 0.0244. The molecule has 1 aromatic carbocycles. The van der Waals surface area contributed by atoms with E-state index in [2.05, 4.69) is 21.5 Å². The van der Waals surface area contributed by atoms with E-state index in [1.54, 1.807) is 43.7 Å². The van der Waals surface area contributed by atoms with Crippen LogP contribution in [-0.2, 0) is 29.6 Å². The number of hydrogen-bond donors (Lipinski definition) is 2. The maximum absolute atomic E-state index is 12.8. The summed E-state index contributed by atoms with van der Waals surface area (Å²) >= 11 is 0. The smallest absolute Gasteiger partial charge is 0.335 e. The molecular formula is C25H29N5O6S. The molecule has 2 N–H and O–H groups in total. The molecule has 0 amide bonds. The number of fused-ring (bicyclic) bond motifs is 1. The molecule has 4 rings (SSSR count). The molecule has 12 heteroatoms. The van der Waals surface area contributed by atoms with Gasteiger partial charge < -0.3 is 19.8 Å². The van der Waals surface area contributed by atoms with Gasteiger partial charge in [0.2, 0.25) is 0 Å². The number of aromatic amines is 1. The summed E-state index contributed by atoms with van der Waals surface area (Å²) in [6, 6.07) is 9.98. The number of carbonyl (C=O) groups excluding carboxylic acids is 1. The van der Waals surface area contributed by atoms with Crippen molar-refractivity contribution in [2.45, 2.75) is 62.2 Å². The Kier molecular flexibility index (Phi) is 6.87. The molecule has 3 heterocycles. The predicted molar refractivity (Wildman–Crippen MR) is 136 cm³/mol. The van der Waals surface area contributed by atoms with Crippen LogP contribution in [0.4, 0.5) is 11.5 Å². The molecule has 0 saturated carbocycles. The normalized spacial score (nSPS) is 20.4. The topological polar surface area (TPSA) is 156 Å². The summed E-state index contributed by atoms with van der Waals surface area (Å²) < 4.78 is 36.6. The summed E-state index contributed by atoms with van der Waals surface area (Å²) in [7, 11) is -3.36. The molecule has 196 valence electrons. The molecule has 1 saturated heterocycles. The van der Waals surface area contributed by atoms with Crippen molar-refractivity contribution in [1.29, 1.82) is 5.26 Å². The van der Waals surface area contributed by atoms with Gasteiger partial charge in [-0.15, -0.1) is 0 Å². The van der Waals surface area contributed by atoms with Crippen LogP contribution < -0.4 is 10.9 Å². The lowest BCUT2D eigenvalue weighted by atomic mass is 9.87. The minimum Gasteiger partial charge on any atom is -0.458 e. The third-order valence-electron chi connectivity index (χ3n) is 6.10. The first-order valence-corrected chi connectivity index (χ1v) is 13.6. The van der Waals surface area contributed by atoms with Gasteiger partial charge in [-0.25, -0.2) is 13.2 Å². The number of ether oxygens (including phenoxy) is 2. The van der Waals surface area contributed by atoms with Gasteiger partial charge in [0.05, 0.1) is 35.0 Å². The zero-order valence-electron chi connectivity index (χ0n) is 21.1. The van der Waals surface area contributed by atoms with E-state index >= 15 is 0 Å². The average molecular weight is 528 g/mol. The minimum atomic E-state index is -3.36. The monoisotopic (exact) mass is 527 g/mol. The lowest BCUT2D eigenvalue weighted by molar-refractivity contribution is -0.176. The Hall–Kier alpha value is -3.69. The molecule has 2 unspecified atom stereocenters. The van der Waals surface area contributed by atoms with E-state index in [0.717, 1.165) is 6.26 Å². The number of hydrogen-bond acceptors (Lipinski definition) is 9. The summed E-state index contributed by atoms with van der Waals surface area (Å²) in [5.41, 5.74) is -0.926.